The molecule has 10 heteroatoms. The highest BCUT2D eigenvalue weighted by Gasteiger charge is 2.18. The quantitative estimate of drug-likeness (QED) is 0.176. The van der Waals surface area contributed by atoms with Crippen molar-refractivity contribution < 1.29 is 20.1 Å². The van der Waals surface area contributed by atoms with Crippen LogP contribution < -0.4 is 11.1 Å². The molecular weight excluding hydrogens is 477 g/mol. The minimum Gasteiger partial charge on any atom is -0.508 e. The van der Waals surface area contributed by atoms with Crippen LogP contribution in [0.5, 0.6) is 17.2 Å². The summed E-state index contributed by atoms with van der Waals surface area (Å²) in [4.78, 5) is 16.0. The molecule has 0 aliphatic heterocycles. The smallest absolute Gasteiger partial charge is 0.256 e. The molecule has 144 valence electrons. The van der Waals surface area contributed by atoms with Crippen LogP contribution in [0.2, 0.25) is 0 Å². The van der Waals surface area contributed by atoms with E-state index < -0.39 is 5.91 Å². The molecule has 0 atom stereocenters. The molecule has 28 heavy (non-hydrogen) atoms. The lowest BCUT2D eigenvalue weighted by molar-refractivity contribution is 0.100. The van der Waals surface area contributed by atoms with Crippen molar-refractivity contribution in [3.63, 3.8) is 0 Å². The largest absolute Gasteiger partial charge is 0.508 e. The number of alkyl halides is 1. The topological polar surface area (TPSA) is 157 Å². The third kappa shape index (κ3) is 4.17. The van der Waals surface area contributed by atoms with Crippen LogP contribution >= 0.6 is 22.6 Å². The van der Waals surface area contributed by atoms with Crippen LogP contribution in [0.25, 0.3) is 0 Å². The number of aromatic amines is 1. The number of phenols is 3. The molecule has 3 rings (SSSR count). The molecule has 1 amide bonds. The van der Waals surface area contributed by atoms with Crippen LogP contribution in [0.1, 0.15) is 21.5 Å². The maximum Gasteiger partial charge on any atom is 0.256 e. The molecule has 0 radical (unpaired) electrons. The number of nitrogens with two attached hydrogens (primary N) is 1. The number of nitrogens with one attached hydrogen (secondary N) is 2. The summed E-state index contributed by atoms with van der Waals surface area (Å²) >= 11 is 2.25. The Bertz CT molecular complexity index is 1040. The van der Waals surface area contributed by atoms with Crippen molar-refractivity contribution in [3.05, 3.63) is 53.1 Å². The maximum atomic E-state index is 11.9. The zero-order chi connectivity index (χ0) is 20.3. The van der Waals surface area contributed by atoms with Crippen molar-refractivity contribution in [2.75, 3.05) is 5.32 Å². The minimum absolute atomic E-state index is 0.0214. The average molecular weight is 493 g/mol. The lowest BCUT2D eigenvalue weighted by Gasteiger charge is -2.06. The zero-order valence-electron chi connectivity index (χ0n) is 14.3. The van der Waals surface area contributed by atoms with Crippen molar-refractivity contribution in [1.29, 1.82) is 0 Å². The van der Waals surface area contributed by atoms with Gasteiger partial charge in [-0.2, -0.15) is 5.10 Å². The number of hydrogen-bond donors (Lipinski definition) is 6. The molecule has 0 unspecified atom stereocenters. The summed E-state index contributed by atoms with van der Waals surface area (Å²) in [5, 5.41) is 38.7. The number of benzene rings is 2. The van der Waals surface area contributed by atoms with Crippen molar-refractivity contribution in [2.45, 2.75) is 4.43 Å². The van der Waals surface area contributed by atoms with E-state index in [2.05, 4.69) is 43.1 Å². The fourth-order valence-corrected chi connectivity index (χ4v) is 2.97. The van der Waals surface area contributed by atoms with Gasteiger partial charge in [0.25, 0.3) is 5.91 Å². The molecule has 3 aromatic rings. The number of anilines is 2. The van der Waals surface area contributed by atoms with Crippen LogP contribution in [-0.4, -0.2) is 37.6 Å². The fourth-order valence-electron chi connectivity index (χ4n) is 2.49. The monoisotopic (exact) mass is 493 g/mol. The summed E-state index contributed by atoms with van der Waals surface area (Å²) < 4.78 is 0.827. The molecule has 7 N–H and O–H groups in total. The third-order valence-corrected chi connectivity index (χ3v) is 4.66. The lowest BCUT2D eigenvalue weighted by Crippen LogP contribution is -2.12. The highest BCUT2D eigenvalue weighted by molar-refractivity contribution is 14.1. The van der Waals surface area contributed by atoms with Crippen LogP contribution in [0.3, 0.4) is 0 Å². The summed E-state index contributed by atoms with van der Waals surface area (Å²) in [6, 6.07) is 9.71. The number of carbonyl (C=O) groups excluding carboxylic acids is 1. The number of aromatic nitrogens is 2. The van der Waals surface area contributed by atoms with Crippen LogP contribution in [0.4, 0.5) is 17.3 Å². The summed E-state index contributed by atoms with van der Waals surface area (Å²) in [6.45, 7) is 0. The Kier molecular flexibility index (Phi) is 5.68. The van der Waals surface area contributed by atoms with E-state index in [0.29, 0.717) is 0 Å². The number of aromatic hydroxyl groups is 3. The number of H-pyrrole nitrogens is 1. The number of rotatable bonds is 6. The first-order chi connectivity index (χ1) is 13.4. The van der Waals surface area contributed by atoms with Gasteiger partial charge in [0, 0.05) is 28.5 Å². The van der Waals surface area contributed by atoms with Gasteiger partial charge in [0.1, 0.15) is 28.6 Å². The first kappa shape index (κ1) is 19.5. The molecule has 0 saturated heterocycles. The minimum atomic E-state index is -0.757. The third-order valence-electron chi connectivity index (χ3n) is 3.78. The van der Waals surface area contributed by atoms with Crippen molar-refractivity contribution in [3.8, 4) is 17.2 Å². The number of aliphatic imine (C=N–C) groups is 1. The van der Waals surface area contributed by atoms with Crippen molar-refractivity contribution >= 4 is 52.0 Å². The Morgan fingerprint density at radius 2 is 1.96 bits per heavy atom. The SMILES string of the molecule is NC(=O)c1c(N=Cc2c(O)cc(O)cc2O)n[nH]c1Nc1cccc(CI)c1. The van der Waals surface area contributed by atoms with Gasteiger partial charge >= 0.3 is 0 Å². The molecule has 0 fully saturated rings. The second kappa shape index (κ2) is 8.17. The molecule has 0 aliphatic carbocycles. The first-order valence-corrected chi connectivity index (χ1v) is 9.50. The standard InChI is InChI=1S/C18H16IN5O4/c19-7-9-2-1-3-10(4-9)22-18-15(16(20)28)17(23-24-18)21-8-12-13(26)5-11(25)6-14(12)27/h1-6,8,25-27H,7H2,(H2,20,28)(H2,22,23,24). The van der Waals surface area contributed by atoms with E-state index in [4.69, 9.17) is 5.73 Å². The van der Waals surface area contributed by atoms with Crippen LogP contribution in [0, 0.1) is 0 Å². The summed E-state index contributed by atoms with van der Waals surface area (Å²) in [6.07, 6.45) is 1.12. The Hall–Kier alpha value is -3.28. The highest BCUT2D eigenvalue weighted by Crippen LogP contribution is 2.32. The zero-order valence-corrected chi connectivity index (χ0v) is 16.5. The summed E-state index contributed by atoms with van der Waals surface area (Å²) in [5.41, 5.74) is 7.29. The molecule has 0 bridgehead atoms. The van der Waals surface area contributed by atoms with E-state index in [1.54, 1.807) is 0 Å². The molecule has 1 heterocycles. The fraction of sp³-hybridized carbons (Fsp3) is 0.0556. The van der Waals surface area contributed by atoms with E-state index >= 15 is 0 Å². The van der Waals surface area contributed by atoms with Gasteiger partial charge < -0.3 is 26.4 Å². The van der Waals surface area contributed by atoms with Crippen LogP contribution in [-0.2, 0) is 4.43 Å². The normalized spacial score (nSPS) is 11.0. The number of carbonyl (C=O) groups is 1. The van der Waals surface area contributed by atoms with E-state index in [9.17, 15) is 20.1 Å². The first-order valence-electron chi connectivity index (χ1n) is 7.98. The van der Waals surface area contributed by atoms with Gasteiger partial charge in [-0.1, -0.05) is 34.7 Å². The molecule has 0 spiro atoms. The van der Waals surface area contributed by atoms with Gasteiger partial charge in [-0.3, -0.25) is 9.89 Å². The van der Waals surface area contributed by atoms with E-state index in [0.717, 1.165) is 34.0 Å². The maximum absolute atomic E-state index is 11.9. The van der Waals surface area contributed by atoms with E-state index in [1.807, 2.05) is 24.3 Å². The number of primary amides is 1. The van der Waals surface area contributed by atoms with Crippen molar-refractivity contribution in [1.82, 2.24) is 10.2 Å². The highest BCUT2D eigenvalue weighted by atomic mass is 127. The predicted octanol–water partition coefficient (Wildman–Crippen LogP) is 3.05. The number of amides is 1. The predicted molar refractivity (Wildman–Crippen MR) is 113 cm³/mol. The van der Waals surface area contributed by atoms with Gasteiger partial charge in [0.05, 0.1) is 5.56 Å². The number of halogens is 1. The number of phenolic OH excluding ortho intramolecular Hbond substituents is 3. The molecule has 2 aromatic carbocycles. The number of nitrogens with zero attached hydrogens (tertiary/aromatic N) is 2. The van der Waals surface area contributed by atoms with Gasteiger partial charge in [-0.05, 0) is 17.7 Å². The summed E-state index contributed by atoms with van der Waals surface area (Å²) in [5.74, 6) is -1.58. The Morgan fingerprint density at radius 3 is 2.61 bits per heavy atom. The lowest BCUT2D eigenvalue weighted by atomic mass is 10.2. The van der Waals surface area contributed by atoms with Gasteiger partial charge in [-0.15, -0.1) is 0 Å². The molecular formula is C18H16IN5O4. The summed E-state index contributed by atoms with van der Waals surface area (Å²) in [7, 11) is 0. The molecule has 1 aromatic heterocycles. The van der Waals surface area contributed by atoms with Crippen molar-refractivity contribution in [2.24, 2.45) is 10.7 Å². The van der Waals surface area contributed by atoms with Gasteiger partial charge in [0.15, 0.2) is 5.82 Å². The number of hydrogen-bond acceptors (Lipinski definition) is 7. The van der Waals surface area contributed by atoms with E-state index in [-0.39, 0.29) is 40.0 Å². The molecule has 9 nitrogen and oxygen atoms in total. The van der Waals surface area contributed by atoms with Gasteiger partial charge in [0.2, 0.25) is 0 Å². The Labute approximate surface area is 173 Å². The van der Waals surface area contributed by atoms with Gasteiger partial charge in [-0.25, -0.2) is 4.99 Å². The second-order valence-electron chi connectivity index (χ2n) is 5.78. The average Bonchev–Trinajstić information content (AvgIpc) is 3.03. The molecule has 0 aliphatic rings. The molecule has 0 saturated carbocycles. The Balaban J connectivity index is 1.94. The second-order valence-corrected chi connectivity index (χ2v) is 6.54. The Morgan fingerprint density at radius 1 is 1.25 bits per heavy atom. The van der Waals surface area contributed by atoms with Crippen LogP contribution in [0.15, 0.2) is 41.4 Å². The van der Waals surface area contributed by atoms with E-state index in [1.165, 1.54) is 0 Å².